The first-order chi connectivity index (χ1) is 9.29. The SMILES string of the molecule is CC(C)n1cc(S(=O)(=O)Cl)cc1C(=O)NCCC1CC1. The average Bonchev–Trinajstić information content (AvgIpc) is 3.02. The van der Waals surface area contributed by atoms with Crippen molar-refractivity contribution in [3.8, 4) is 0 Å². The van der Waals surface area contributed by atoms with Crippen molar-refractivity contribution in [3.63, 3.8) is 0 Å². The van der Waals surface area contributed by atoms with Gasteiger partial charge in [0.1, 0.15) is 10.6 Å². The van der Waals surface area contributed by atoms with Crippen LogP contribution in [0.4, 0.5) is 0 Å². The van der Waals surface area contributed by atoms with E-state index in [0.29, 0.717) is 12.2 Å². The minimum absolute atomic E-state index is 0.0219. The molecule has 1 N–H and O–H groups in total. The minimum atomic E-state index is -3.82. The molecule has 20 heavy (non-hydrogen) atoms. The van der Waals surface area contributed by atoms with Gasteiger partial charge in [0, 0.05) is 29.5 Å². The van der Waals surface area contributed by atoms with Crippen LogP contribution >= 0.6 is 10.7 Å². The van der Waals surface area contributed by atoms with E-state index in [1.807, 2.05) is 13.8 Å². The highest BCUT2D eigenvalue weighted by Gasteiger charge is 2.23. The Morgan fingerprint density at radius 2 is 2.15 bits per heavy atom. The lowest BCUT2D eigenvalue weighted by Crippen LogP contribution is -2.27. The lowest BCUT2D eigenvalue weighted by molar-refractivity contribution is 0.0942. The summed E-state index contributed by atoms with van der Waals surface area (Å²) < 4.78 is 24.4. The Hall–Kier alpha value is -1.01. The molecule has 5 nitrogen and oxygen atoms in total. The number of carbonyl (C=O) groups excluding carboxylic acids is 1. The van der Waals surface area contributed by atoms with Crippen molar-refractivity contribution in [1.82, 2.24) is 9.88 Å². The Morgan fingerprint density at radius 1 is 1.50 bits per heavy atom. The van der Waals surface area contributed by atoms with E-state index in [4.69, 9.17) is 10.7 Å². The second-order valence-electron chi connectivity index (χ2n) is 5.49. The molecular formula is C13H19ClN2O3S. The molecule has 0 saturated heterocycles. The summed E-state index contributed by atoms with van der Waals surface area (Å²) in [6.45, 7) is 4.38. The molecular weight excluding hydrogens is 300 g/mol. The van der Waals surface area contributed by atoms with Gasteiger partial charge in [-0.1, -0.05) is 12.8 Å². The van der Waals surface area contributed by atoms with Crippen molar-refractivity contribution in [2.45, 2.75) is 44.0 Å². The van der Waals surface area contributed by atoms with Crippen molar-refractivity contribution in [1.29, 1.82) is 0 Å². The minimum Gasteiger partial charge on any atom is -0.351 e. The molecule has 0 atom stereocenters. The van der Waals surface area contributed by atoms with E-state index >= 15 is 0 Å². The Kier molecular flexibility index (Phi) is 4.44. The third-order valence-corrected chi connectivity index (χ3v) is 4.75. The fraction of sp³-hybridized carbons (Fsp3) is 0.615. The van der Waals surface area contributed by atoms with Crippen LogP contribution in [0, 0.1) is 5.92 Å². The fourth-order valence-electron chi connectivity index (χ4n) is 2.08. The molecule has 0 unspecified atom stereocenters. The molecule has 1 amide bonds. The van der Waals surface area contributed by atoms with Gasteiger partial charge in [-0.2, -0.15) is 0 Å². The van der Waals surface area contributed by atoms with Gasteiger partial charge in [-0.15, -0.1) is 0 Å². The van der Waals surface area contributed by atoms with Crippen LogP contribution in [-0.2, 0) is 9.05 Å². The summed E-state index contributed by atoms with van der Waals surface area (Å²) in [5.74, 6) is 0.483. The number of halogens is 1. The predicted molar refractivity (Wildman–Crippen MR) is 77.5 cm³/mol. The van der Waals surface area contributed by atoms with Gasteiger partial charge in [0.05, 0.1) is 0 Å². The molecule has 112 valence electrons. The fourth-order valence-corrected chi connectivity index (χ4v) is 2.83. The quantitative estimate of drug-likeness (QED) is 0.819. The van der Waals surface area contributed by atoms with Crippen molar-refractivity contribution in [2.24, 2.45) is 5.92 Å². The third-order valence-electron chi connectivity index (χ3n) is 3.43. The van der Waals surface area contributed by atoms with E-state index in [9.17, 15) is 13.2 Å². The molecule has 0 radical (unpaired) electrons. The zero-order valence-electron chi connectivity index (χ0n) is 11.6. The molecule has 1 aliphatic carbocycles. The molecule has 1 heterocycles. The average molecular weight is 319 g/mol. The Morgan fingerprint density at radius 3 is 2.65 bits per heavy atom. The lowest BCUT2D eigenvalue weighted by Gasteiger charge is -2.12. The summed E-state index contributed by atoms with van der Waals surface area (Å²) in [6.07, 6.45) is 4.87. The van der Waals surface area contributed by atoms with Crippen LogP contribution in [0.1, 0.15) is 49.6 Å². The first kappa shape index (κ1) is 15.4. The van der Waals surface area contributed by atoms with Gasteiger partial charge >= 0.3 is 0 Å². The van der Waals surface area contributed by atoms with Gasteiger partial charge < -0.3 is 9.88 Å². The smallest absolute Gasteiger partial charge is 0.267 e. The van der Waals surface area contributed by atoms with Gasteiger partial charge in [-0.25, -0.2) is 8.42 Å². The normalized spacial score (nSPS) is 15.6. The molecule has 1 fully saturated rings. The number of nitrogens with zero attached hydrogens (tertiary/aromatic N) is 1. The monoisotopic (exact) mass is 318 g/mol. The number of hydrogen-bond acceptors (Lipinski definition) is 3. The molecule has 0 spiro atoms. The van der Waals surface area contributed by atoms with E-state index < -0.39 is 9.05 Å². The molecule has 1 aromatic heterocycles. The number of nitrogens with one attached hydrogen (secondary N) is 1. The van der Waals surface area contributed by atoms with Gasteiger partial charge in [0.15, 0.2) is 0 Å². The maximum atomic E-state index is 12.1. The predicted octanol–water partition coefficient (Wildman–Crippen LogP) is 2.53. The van der Waals surface area contributed by atoms with Crippen molar-refractivity contribution in [2.75, 3.05) is 6.54 Å². The van der Waals surface area contributed by atoms with E-state index in [0.717, 1.165) is 12.3 Å². The summed E-state index contributed by atoms with van der Waals surface area (Å²) in [6, 6.07) is 1.31. The zero-order valence-corrected chi connectivity index (χ0v) is 13.2. The highest BCUT2D eigenvalue weighted by atomic mass is 35.7. The number of carbonyl (C=O) groups is 1. The molecule has 7 heteroatoms. The van der Waals surface area contributed by atoms with Gasteiger partial charge in [0.25, 0.3) is 15.0 Å². The molecule has 2 rings (SSSR count). The Balaban J connectivity index is 2.15. The van der Waals surface area contributed by atoms with Crippen molar-refractivity contribution < 1.29 is 13.2 Å². The maximum Gasteiger partial charge on any atom is 0.267 e. The van der Waals surface area contributed by atoms with Crippen LogP contribution in [0.5, 0.6) is 0 Å². The van der Waals surface area contributed by atoms with E-state index in [2.05, 4.69) is 5.32 Å². The topological polar surface area (TPSA) is 68.2 Å². The summed E-state index contributed by atoms with van der Waals surface area (Å²) in [4.78, 5) is 12.1. The van der Waals surface area contributed by atoms with E-state index in [1.54, 1.807) is 4.57 Å². The first-order valence-corrected chi connectivity index (χ1v) is 9.04. The number of amides is 1. The molecule has 1 aromatic rings. The summed E-state index contributed by atoms with van der Waals surface area (Å²) >= 11 is 0. The highest BCUT2D eigenvalue weighted by molar-refractivity contribution is 8.13. The van der Waals surface area contributed by atoms with Crippen LogP contribution in [0.25, 0.3) is 0 Å². The van der Waals surface area contributed by atoms with E-state index in [1.165, 1.54) is 25.1 Å². The van der Waals surface area contributed by atoms with Crippen LogP contribution in [0.15, 0.2) is 17.2 Å². The van der Waals surface area contributed by atoms with Crippen molar-refractivity contribution in [3.05, 3.63) is 18.0 Å². The van der Waals surface area contributed by atoms with Gasteiger partial charge in [0.2, 0.25) is 0 Å². The summed E-state index contributed by atoms with van der Waals surface area (Å²) in [5, 5.41) is 2.83. The zero-order chi connectivity index (χ0) is 14.9. The summed E-state index contributed by atoms with van der Waals surface area (Å²) in [5.41, 5.74) is 0.329. The molecule has 1 aliphatic rings. The van der Waals surface area contributed by atoms with Crippen LogP contribution in [0.2, 0.25) is 0 Å². The molecule has 0 aliphatic heterocycles. The summed E-state index contributed by atoms with van der Waals surface area (Å²) in [7, 11) is 1.51. The number of aromatic nitrogens is 1. The standard InChI is InChI=1S/C13H19ClN2O3S/c1-9(2)16-8-11(20(14,18)19)7-12(16)13(17)15-6-5-10-3-4-10/h7-10H,3-6H2,1-2H3,(H,15,17). The molecule has 0 bridgehead atoms. The number of rotatable bonds is 6. The highest BCUT2D eigenvalue weighted by Crippen LogP contribution is 2.31. The maximum absolute atomic E-state index is 12.1. The van der Waals surface area contributed by atoms with Crippen molar-refractivity contribution >= 4 is 25.6 Å². The van der Waals surface area contributed by atoms with Gasteiger partial charge in [-0.05, 0) is 32.3 Å². The first-order valence-electron chi connectivity index (χ1n) is 6.73. The Bertz CT molecular complexity index is 603. The molecule has 0 aromatic carbocycles. The van der Waals surface area contributed by atoms with Gasteiger partial charge in [-0.3, -0.25) is 4.79 Å². The second-order valence-corrected chi connectivity index (χ2v) is 8.05. The lowest BCUT2D eigenvalue weighted by atomic mass is 10.3. The van der Waals surface area contributed by atoms with E-state index in [-0.39, 0.29) is 16.8 Å². The number of hydrogen-bond donors (Lipinski definition) is 1. The van der Waals surface area contributed by atoms with Crippen LogP contribution in [-0.4, -0.2) is 25.4 Å². The van der Waals surface area contributed by atoms with Crippen LogP contribution in [0.3, 0.4) is 0 Å². The Labute approximate surface area is 123 Å². The largest absolute Gasteiger partial charge is 0.351 e. The third kappa shape index (κ3) is 3.76. The van der Waals surface area contributed by atoms with Crippen LogP contribution < -0.4 is 5.32 Å². The molecule has 1 saturated carbocycles. The second kappa shape index (κ2) is 5.77.